The highest BCUT2D eigenvalue weighted by Gasteiger charge is 2.31. The third-order valence-corrected chi connectivity index (χ3v) is 9.82. The topological polar surface area (TPSA) is 107 Å². The third-order valence-electron chi connectivity index (χ3n) is 9.82. The van der Waals surface area contributed by atoms with Crippen molar-refractivity contribution in [3.8, 4) is 22.9 Å². The number of morpholine rings is 2. The van der Waals surface area contributed by atoms with E-state index in [1.54, 1.807) is 6.20 Å². The van der Waals surface area contributed by atoms with Gasteiger partial charge in [0.2, 0.25) is 5.43 Å². The van der Waals surface area contributed by atoms with E-state index in [9.17, 15) is 9.59 Å². The fourth-order valence-electron chi connectivity index (χ4n) is 7.23. The lowest BCUT2D eigenvalue weighted by Gasteiger charge is -2.30. The SMILES string of the molecule is O=C(NCCCN1CCOCC1)c1cn2c3c(c(NCCN4CCOCC4)c(F)cc3c1=O)Oc1cc3c(cc1-2)C1=C(C=CCC1)CO3. The van der Waals surface area contributed by atoms with Crippen molar-refractivity contribution in [2.45, 2.75) is 19.3 Å². The summed E-state index contributed by atoms with van der Waals surface area (Å²) in [6, 6.07) is 5.07. The average molecular weight is 658 g/mol. The Kier molecular flexibility index (Phi) is 8.64. The second kappa shape index (κ2) is 13.3. The lowest BCUT2D eigenvalue weighted by Crippen LogP contribution is -2.39. The first-order valence-corrected chi connectivity index (χ1v) is 17.0. The molecular weight excluding hydrogens is 617 g/mol. The average Bonchev–Trinajstić information content (AvgIpc) is 3.12. The third kappa shape index (κ3) is 5.87. The van der Waals surface area contributed by atoms with Gasteiger partial charge in [-0.25, -0.2) is 4.39 Å². The Morgan fingerprint density at radius 1 is 0.938 bits per heavy atom. The molecule has 1 amide bonds. The molecule has 0 saturated carbocycles. The lowest BCUT2D eigenvalue weighted by molar-refractivity contribution is 0.0374. The van der Waals surface area contributed by atoms with E-state index in [0.29, 0.717) is 75.4 Å². The number of ether oxygens (including phenoxy) is 4. The Hall–Kier alpha value is -4.23. The maximum atomic E-state index is 16.0. The number of carbonyl (C=O) groups excluding carboxylic acids is 1. The number of nitrogens with zero attached hydrogens (tertiary/aromatic N) is 3. The minimum Gasteiger partial charge on any atom is -0.488 e. The van der Waals surface area contributed by atoms with Gasteiger partial charge < -0.3 is 34.1 Å². The number of rotatable bonds is 9. The van der Waals surface area contributed by atoms with Gasteiger partial charge in [-0.1, -0.05) is 12.2 Å². The molecule has 11 nitrogen and oxygen atoms in total. The molecule has 0 spiro atoms. The normalized spacial score (nSPS) is 18.9. The number of amides is 1. The van der Waals surface area contributed by atoms with E-state index in [1.807, 2.05) is 16.7 Å². The number of halogens is 1. The Morgan fingerprint density at radius 2 is 1.71 bits per heavy atom. The van der Waals surface area contributed by atoms with Crippen molar-refractivity contribution in [2.24, 2.45) is 0 Å². The van der Waals surface area contributed by atoms with E-state index in [4.69, 9.17) is 18.9 Å². The van der Waals surface area contributed by atoms with Crippen molar-refractivity contribution in [3.63, 3.8) is 0 Å². The van der Waals surface area contributed by atoms with Gasteiger partial charge >= 0.3 is 0 Å². The molecule has 252 valence electrons. The molecule has 1 aliphatic carbocycles. The number of benzene rings is 2. The van der Waals surface area contributed by atoms with Crippen LogP contribution < -0.4 is 25.5 Å². The second-order valence-corrected chi connectivity index (χ2v) is 12.8. The molecule has 0 radical (unpaired) electrons. The maximum absolute atomic E-state index is 16.0. The van der Waals surface area contributed by atoms with Gasteiger partial charge in [-0.3, -0.25) is 19.4 Å². The van der Waals surface area contributed by atoms with Crippen molar-refractivity contribution < 1.29 is 28.1 Å². The van der Waals surface area contributed by atoms with E-state index < -0.39 is 17.2 Å². The number of hydrogen-bond donors (Lipinski definition) is 2. The highest BCUT2D eigenvalue weighted by molar-refractivity contribution is 6.01. The summed E-state index contributed by atoms with van der Waals surface area (Å²) in [4.78, 5) is 32.0. The standard InChI is InChI=1S/C36H40FN5O6/c37-28-18-26-33-35(32(28)38-7-9-41-12-16-46-17-13-41)48-31-20-30-25(24-5-2-1-4-23(24)22-47-30)19-29(31)42(33)21-27(34(26)43)36(44)39-6-3-8-40-10-14-45-15-11-40/h1,4,18-21,38H,2-3,5-17,22H2,(H,39,44). The predicted octanol–water partition coefficient (Wildman–Crippen LogP) is 3.93. The number of aromatic nitrogens is 1. The second-order valence-electron chi connectivity index (χ2n) is 12.8. The van der Waals surface area contributed by atoms with Crippen LogP contribution >= 0.6 is 0 Å². The zero-order valence-electron chi connectivity index (χ0n) is 26.9. The van der Waals surface area contributed by atoms with E-state index >= 15 is 4.39 Å². The van der Waals surface area contributed by atoms with Crippen LogP contribution in [-0.2, 0) is 9.47 Å². The largest absolute Gasteiger partial charge is 0.488 e. The monoisotopic (exact) mass is 657 g/mol. The molecule has 5 aliphatic rings. The molecule has 12 heteroatoms. The molecule has 2 fully saturated rings. The molecule has 1 aromatic heterocycles. The molecule has 0 atom stereocenters. The van der Waals surface area contributed by atoms with E-state index in [1.165, 1.54) is 11.6 Å². The van der Waals surface area contributed by atoms with E-state index in [0.717, 1.165) is 63.1 Å². The zero-order valence-corrected chi connectivity index (χ0v) is 26.9. The van der Waals surface area contributed by atoms with Crippen LogP contribution in [0, 0.1) is 5.82 Å². The predicted molar refractivity (Wildman–Crippen MR) is 180 cm³/mol. The Morgan fingerprint density at radius 3 is 2.50 bits per heavy atom. The summed E-state index contributed by atoms with van der Waals surface area (Å²) in [5.41, 5.74) is 3.98. The maximum Gasteiger partial charge on any atom is 0.256 e. The van der Waals surface area contributed by atoms with Crippen molar-refractivity contribution >= 4 is 28.1 Å². The number of hydrogen-bond acceptors (Lipinski definition) is 9. The van der Waals surface area contributed by atoms with Crippen molar-refractivity contribution in [2.75, 3.05) is 90.7 Å². The van der Waals surface area contributed by atoms with Gasteiger partial charge in [-0.15, -0.1) is 0 Å². The lowest BCUT2D eigenvalue weighted by atomic mass is 9.89. The first kappa shape index (κ1) is 31.1. The summed E-state index contributed by atoms with van der Waals surface area (Å²) >= 11 is 0. The van der Waals surface area contributed by atoms with Crippen molar-refractivity contribution in [3.05, 3.63) is 69.3 Å². The summed E-state index contributed by atoms with van der Waals surface area (Å²) in [5, 5.41) is 6.26. The van der Waals surface area contributed by atoms with Crippen molar-refractivity contribution in [1.82, 2.24) is 19.7 Å². The molecule has 3 aromatic rings. The van der Waals surface area contributed by atoms with Crippen LogP contribution in [0.5, 0.6) is 17.2 Å². The van der Waals surface area contributed by atoms with Gasteiger partial charge in [0.05, 0.1) is 37.5 Å². The fraction of sp³-hybridized carbons (Fsp3) is 0.444. The van der Waals surface area contributed by atoms with Crippen LogP contribution in [-0.4, -0.2) is 106 Å². The van der Waals surface area contributed by atoms with Crippen LogP contribution in [0.15, 0.2) is 46.9 Å². The first-order valence-electron chi connectivity index (χ1n) is 17.0. The minimum atomic E-state index is -0.618. The van der Waals surface area contributed by atoms with Crippen molar-refractivity contribution in [1.29, 1.82) is 0 Å². The number of fused-ring (bicyclic) bond motifs is 4. The summed E-state index contributed by atoms with van der Waals surface area (Å²) in [6.07, 6.45) is 8.41. The summed E-state index contributed by atoms with van der Waals surface area (Å²) in [7, 11) is 0. The van der Waals surface area contributed by atoms with Gasteiger partial charge in [-0.05, 0) is 49.1 Å². The molecule has 2 aromatic carbocycles. The summed E-state index contributed by atoms with van der Waals surface area (Å²) in [6.45, 7) is 9.00. The Balaban J connectivity index is 1.17. The molecule has 2 saturated heterocycles. The minimum absolute atomic E-state index is 0.0467. The van der Waals surface area contributed by atoms with E-state index in [-0.39, 0.29) is 22.4 Å². The van der Waals surface area contributed by atoms with Gasteiger partial charge in [0.25, 0.3) is 5.91 Å². The van der Waals surface area contributed by atoms with Crippen LogP contribution in [0.25, 0.3) is 22.2 Å². The quantitative estimate of drug-likeness (QED) is 0.259. The van der Waals surface area contributed by atoms with Crippen LogP contribution in [0.3, 0.4) is 0 Å². The van der Waals surface area contributed by atoms with Gasteiger partial charge in [0, 0.05) is 63.6 Å². The Labute approximate surface area is 277 Å². The zero-order chi connectivity index (χ0) is 32.6. The first-order chi connectivity index (χ1) is 23.5. The van der Waals surface area contributed by atoms with Crippen LogP contribution in [0.2, 0.25) is 0 Å². The number of carbonyl (C=O) groups is 1. The number of anilines is 1. The fourth-order valence-corrected chi connectivity index (χ4v) is 7.23. The number of pyridine rings is 1. The molecule has 8 rings (SSSR count). The molecule has 4 aliphatic heterocycles. The van der Waals surface area contributed by atoms with Gasteiger partial charge in [-0.2, -0.15) is 0 Å². The Bertz CT molecular complexity index is 1880. The smallest absolute Gasteiger partial charge is 0.256 e. The highest BCUT2D eigenvalue weighted by atomic mass is 19.1. The molecule has 5 heterocycles. The van der Waals surface area contributed by atoms with Crippen LogP contribution in [0.1, 0.15) is 35.2 Å². The van der Waals surface area contributed by atoms with E-state index in [2.05, 4.69) is 32.6 Å². The molecule has 48 heavy (non-hydrogen) atoms. The summed E-state index contributed by atoms with van der Waals surface area (Å²) < 4.78 is 41.3. The molecular formula is C36H40FN5O6. The van der Waals surface area contributed by atoms with Crippen LogP contribution in [0.4, 0.5) is 10.1 Å². The molecule has 0 unspecified atom stereocenters. The highest BCUT2D eigenvalue weighted by Crippen LogP contribution is 2.49. The van der Waals surface area contributed by atoms with Gasteiger partial charge in [0.15, 0.2) is 17.3 Å². The number of allylic oxidation sites excluding steroid dienone is 2. The molecule has 2 N–H and O–H groups in total. The van der Waals surface area contributed by atoms with Gasteiger partial charge in [0.1, 0.15) is 29.1 Å². The number of nitrogens with one attached hydrogen (secondary N) is 2. The molecule has 0 bridgehead atoms. The summed E-state index contributed by atoms with van der Waals surface area (Å²) in [5.74, 6) is 0.261.